The van der Waals surface area contributed by atoms with Gasteiger partial charge in [0.05, 0.1) is 0 Å². The predicted octanol–water partition coefficient (Wildman–Crippen LogP) is 2.23. The molecule has 2 heterocycles. The molecule has 3 heteroatoms. The summed E-state index contributed by atoms with van der Waals surface area (Å²) in [5.41, 5.74) is 1.91. The Morgan fingerprint density at radius 1 is 1.24 bits per heavy atom. The van der Waals surface area contributed by atoms with E-state index < -0.39 is 0 Å². The van der Waals surface area contributed by atoms with Gasteiger partial charge in [-0.1, -0.05) is 0 Å². The maximum atomic E-state index is 10.7. The molecule has 1 aromatic carbocycles. The summed E-state index contributed by atoms with van der Waals surface area (Å²) in [5.74, 6) is 1.54. The summed E-state index contributed by atoms with van der Waals surface area (Å²) in [7, 11) is 0. The van der Waals surface area contributed by atoms with Crippen LogP contribution in [0.5, 0.6) is 5.75 Å². The molecule has 0 aliphatic carbocycles. The Kier molecular flexibility index (Phi) is 2.85. The number of ether oxygens (including phenoxy) is 2. The molecule has 2 aliphatic rings. The van der Waals surface area contributed by atoms with Crippen molar-refractivity contribution in [3.63, 3.8) is 0 Å². The monoisotopic (exact) mass is 232 g/mol. The van der Waals surface area contributed by atoms with Crippen LogP contribution >= 0.6 is 0 Å². The van der Waals surface area contributed by atoms with E-state index in [9.17, 15) is 4.79 Å². The van der Waals surface area contributed by atoms with Crippen LogP contribution in [0.25, 0.3) is 0 Å². The molecule has 3 rings (SSSR count). The fraction of sp³-hybridized carbons (Fsp3) is 0.500. The van der Waals surface area contributed by atoms with Crippen LogP contribution < -0.4 is 4.74 Å². The van der Waals surface area contributed by atoms with Gasteiger partial charge >= 0.3 is 0 Å². The lowest BCUT2D eigenvalue weighted by atomic mass is 9.91. The number of hydrogen-bond donors (Lipinski definition) is 0. The van der Waals surface area contributed by atoms with Gasteiger partial charge in [0.15, 0.2) is 0 Å². The first-order valence-electron chi connectivity index (χ1n) is 6.19. The van der Waals surface area contributed by atoms with E-state index >= 15 is 0 Å². The topological polar surface area (TPSA) is 35.5 Å². The molecule has 1 atom stereocenters. The molecule has 90 valence electrons. The highest BCUT2D eigenvalue weighted by atomic mass is 16.5. The van der Waals surface area contributed by atoms with Crippen LogP contribution in [0.3, 0.4) is 0 Å². The third kappa shape index (κ3) is 2.07. The van der Waals surface area contributed by atoms with Crippen LogP contribution in [-0.2, 0) is 11.2 Å². The van der Waals surface area contributed by atoms with Gasteiger partial charge in [-0.2, -0.15) is 0 Å². The van der Waals surface area contributed by atoms with Gasteiger partial charge in [-0.3, -0.25) is 4.79 Å². The first-order chi connectivity index (χ1) is 8.36. The number of carbonyl (C=O) groups excluding carboxylic acids is 1. The summed E-state index contributed by atoms with van der Waals surface area (Å²) >= 11 is 0. The maximum absolute atomic E-state index is 10.7. The zero-order valence-electron chi connectivity index (χ0n) is 9.72. The maximum Gasteiger partial charge on any atom is 0.150 e. The number of hydrogen-bond acceptors (Lipinski definition) is 3. The molecule has 2 aliphatic heterocycles. The molecule has 0 radical (unpaired) electrons. The summed E-state index contributed by atoms with van der Waals surface area (Å²) in [6.45, 7) is 1.70. The van der Waals surface area contributed by atoms with Gasteiger partial charge in [-0.15, -0.1) is 0 Å². The molecule has 1 aromatic rings. The first kappa shape index (κ1) is 10.8. The van der Waals surface area contributed by atoms with Crippen LogP contribution in [0.1, 0.15) is 28.8 Å². The lowest BCUT2D eigenvalue weighted by Gasteiger charge is -2.26. The molecule has 3 nitrogen and oxygen atoms in total. The van der Waals surface area contributed by atoms with E-state index in [1.165, 1.54) is 5.56 Å². The van der Waals surface area contributed by atoms with Crippen LogP contribution in [0, 0.1) is 5.92 Å². The van der Waals surface area contributed by atoms with Crippen LogP contribution in [0.15, 0.2) is 18.2 Å². The Bertz CT molecular complexity index is 421. The van der Waals surface area contributed by atoms with Crippen LogP contribution in [0.2, 0.25) is 0 Å². The molecule has 1 unspecified atom stereocenters. The summed E-state index contributed by atoms with van der Waals surface area (Å²) < 4.78 is 11.3. The molecule has 0 amide bonds. The minimum atomic E-state index is 0.274. The highest BCUT2D eigenvalue weighted by Gasteiger charge is 2.31. The SMILES string of the molecule is O=Cc1ccc2c(c1)CC(C1CCOCC1)O2. The predicted molar refractivity (Wildman–Crippen MR) is 63.5 cm³/mol. The van der Waals surface area contributed by atoms with Gasteiger partial charge in [0.1, 0.15) is 18.1 Å². The summed E-state index contributed by atoms with van der Waals surface area (Å²) in [6, 6.07) is 5.68. The van der Waals surface area contributed by atoms with Crippen molar-refractivity contribution in [2.45, 2.75) is 25.4 Å². The second-order valence-corrected chi connectivity index (χ2v) is 4.80. The minimum absolute atomic E-state index is 0.274. The van der Waals surface area contributed by atoms with Gasteiger partial charge in [0.2, 0.25) is 0 Å². The quantitative estimate of drug-likeness (QED) is 0.733. The van der Waals surface area contributed by atoms with Crippen molar-refractivity contribution in [3.05, 3.63) is 29.3 Å². The highest BCUT2D eigenvalue weighted by molar-refractivity contribution is 5.75. The largest absolute Gasteiger partial charge is 0.490 e. The lowest BCUT2D eigenvalue weighted by molar-refractivity contribution is 0.0249. The Balaban J connectivity index is 1.75. The van der Waals surface area contributed by atoms with Crippen molar-refractivity contribution < 1.29 is 14.3 Å². The normalized spacial score (nSPS) is 24.1. The lowest BCUT2D eigenvalue weighted by Crippen LogP contribution is -2.30. The zero-order valence-corrected chi connectivity index (χ0v) is 9.72. The van der Waals surface area contributed by atoms with Crippen molar-refractivity contribution in [2.75, 3.05) is 13.2 Å². The van der Waals surface area contributed by atoms with E-state index in [1.54, 1.807) is 0 Å². The van der Waals surface area contributed by atoms with Crippen molar-refractivity contribution in [2.24, 2.45) is 5.92 Å². The van der Waals surface area contributed by atoms with E-state index in [-0.39, 0.29) is 6.10 Å². The third-order valence-corrected chi connectivity index (χ3v) is 3.71. The van der Waals surface area contributed by atoms with E-state index in [0.29, 0.717) is 5.92 Å². The van der Waals surface area contributed by atoms with Crippen molar-refractivity contribution in [1.29, 1.82) is 0 Å². The molecule has 17 heavy (non-hydrogen) atoms. The Labute approximate surface area is 101 Å². The molecule has 0 spiro atoms. The smallest absolute Gasteiger partial charge is 0.150 e. The second-order valence-electron chi connectivity index (χ2n) is 4.80. The molecule has 0 N–H and O–H groups in total. The van der Waals surface area contributed by atoms with Gasteiger partial charge in [-0.05, 0) is 36.6 Å². The number of carbonyl (C=O) groups is 1. The first-order valence-corrected chi connectivity index (χ1v) is 6.19. The molecule has 1 fully saturated rings. The number of benzene rings is 1. The molecule has 0 bridgehead atoms. The van der Waals surface area contributed by atoms with Crippen molar-refractivity contribution in [3.8, 4) is 5.75 Å². The third-order valence-electron chi connectivity index (χ3n) is 3.71. The Morgan fingerprint density at radius 2 is 2.06 bits per heavy atom. The van der Waals surface area contributed by atoms with Crippen molar-refractivity contribution in [1.82, 2.24) is 0 Å². The van der Waals surface area contributed by atoms with E-state index in [0.717, 1.165) is 50.1 Å². The fourth-order valence-electron chi connectivity index (χ4n) is 2.72. The van der Waals surface area contributed by atoms with E-state index in [1.807, 2.05) is 18.2 Å². The van der Waals surface area contributed by atoms with E-state index in [4.69, 9.17) is 9.47 Å². The summed E-state index contributed by atoms with van der Waals surface area (Å²) in [4.78, 5) is 10.7. The van der Waals surface area contributed by atoms with Crippen LogP contribution in [-0.4, -0.2) is 25.6 Å². The Hall–Kier alpha value is -1.35. The Morgan fingerprint density at radius 3 is 2.82 bits per heavy atom. The number of fused-ring (bicyclic) bond motifs is 1. The highest BCUT2D eigenvalue weighted by Crippen LogP contribution is 2.35. The standard InChI is InChI=1S/C14H16O3/c15-9-10-1-2-13-12(7-10)8-14(17-13)11-3-5-16-6-4-11/h1-2,7,9,11,14H,3-6,8H2. The summed E-state index contributed by atoms with van der Waals surface area (Å²) in [6.07, 6.45) is 4.26. The average molecular weight is 232 g/mol. The molecule has 0 saturated carbocycles. The molecular weight excluding hydrogens is 216 g/mol. The second kappa shape index (κ2) is 4.49. The van der Waals surface area contributed by atoms with Gasteiger partial charge in [0, 0.05) is 31.1 Å². The van der Waals surface area contributed by atoms with Crippen molar-refractivity contribution >= 4 is 6.29 Å². The average Bonchev–Trinajstić information content (AvgIpc) is 2.82. The fourth-order valence-corrected chi connectivity index (χ4v) is 2.72. The minimum Gasteiger partial charge on any atom is -0.490 e. The van der Waals surface area contributed by atoms with Gasteiger partial charge in [0.25, 0.3) is 0 Å². The molecule has 0 aromatic heterocycles. The van der Waals surface area contributed by atoms with Crippen LogP contribution in [0.4, 0.5) is 0 Å². The van der Waals surface area contributed by atoms with E-state index in [2.05, 4.69) is 0 Å². The number of aldehydes is 1. The summed E-state index contributed by atoms with van der Waals surface area (Å²) in [5, 5.41) is 0. The molecular formula is C14H16O3. The van der Waals surface area contributed by atoms with Gasteiger partial charge in [-0.25, -0.2) is 0 Å². The van der Waals surface area contributed by atoms with Gasteiger partial charge < -0.3 is 9.47 Å². The molecule has 1 saturated heterocycles. The number of rotatable bonds is 2. The zero-order chi connectivity index (χ0) is 11.7.